The molecule has 0 atom stereocenters. The highest BCUT2D eigenvalue weighted by atomic mass is 32.2. The predicted molar refractivity (Wildman–Crippen MR) is 80.9 cm³/mol. The summed E-state index contributed by atoms with van der Waals surface area (Å²) in [5, 5.41) is 7.74. The Morgan fingerprint density at radius 2 is 1.90 bits per heavy atom. The molecule has 0 unspecified atom stereocenters. The predicted octanol–water partition coefficient (Wildman–Crippen LogP) is 2.81. The third kappa shape index (κ3) is 4.51. The first kappa shape index (κ1) is 15.4. The van der Waals surface area contributed by atoms with Crippen LogP contribution in [0, 0.1) is 0 Å². The number of thioether (sulfide) groups is 1. The molecule has 0 aliphatic carbocycles. The van der Waals surface area contributed by atoms with Gasteiger partial charge in [-0.15, -0.1) is 5.10 Å². The smallest absolute Gasteiger partial charge is 0.233 e. The monoisotopic (exact) mass is 296 g/mol. The van der Waals surface area contributed by atoms with Gasteiger partial charge in [-0.2, -0.15) is 0 Å². The van der Waals surface area contributed by atoms with Gasteiger partial charge < -0.3 is 4.90 Å². The SMILES string of the molecule is CC(C)c1nc(SCC(=O)N2CCCCCCC2)n[nH]1. The Balaban J connectivity index is 1.80. The molecule has 0 aromatic carbocycles. The topological polar surface area (TPSA) is 61.9 Å². The van der Waals surface area contributed by atoms with Crippen molar-refractivity contribution in [1.82, 2.24) is 20.1 Å². The van der Waals surface area contributed by atoms with E-state index >= 15 is 0 Å². The average Bonchev–Trinajstić information content (AvgIpc) is 2.84. The standard InChI is InChI=1S/C14H24N4OS/c1-11(2)13-15-14(17-16-13)20-10-12(19)18-8-6-4-3-5-7-9-18/h11H,3-10H2,1-2H3,(H,15,16,17). The molecule has 112 valence electrons. The molecule has 0 bridgehead atoms. The molecule has 20 heavy (non-hydrogen) atoms. The van der Waals surface area contributed by atoms with E-state index in [0.717, 1.165) is 31.8 Å². The number of carbonyl (C=O) groups excluding carboxylic acids is 1. The highest BCUT2D eigenvalue weighted by Gasteiger charge is 2.16. The van der Waals surface area contributed by atoms with Crippen LogP contribution in [0.2, 0.25) is 0 Å². The van der Waals surface area contributed by atoms with Gasteiger partial charge in [0.15, 0.2) is 0 Å². The lowest BCUT2D eigenvalue weighted by molar-refractivity contribution is -0.128. The molecule has 1 amide bonds. The third-order valence-corrected chi connectivity index (χ3v) is 4.39. The van der Waals surface area contributed by atoms with E-state index in [4.69, 9.17) is 0 Å². The Morgan fingerprint density at radius 3 is 2.50 bits per heavy atom. The number of hydrogen-bond donors (Lipinski definition) is 1. The van der Waals surface area contributed by atoms with E-state index in [-0.39, 0.29) is 5.91 Å². The molecule has 0 spiro atoms. The lowest BCUT2D eigenvalue weighted by atomic mass is 10.1. The largest absolute Gasteiger partial charge is 0.342 e. The Labute approximate surface area is 124 Å². The number of aromatic nitrogens is 3. The maximum Gasteiger partial charge on any atom is 0.233 e. The molecule has 2 rings (SSSR count). The molecule has 1 aliphatic rings. The number of H-pyrrole nitrogens is 1. The number of aromatic amines is 1. The number of likely N-dealkylation sites (tertiary alicyclic amines) is 1. The van der Waals surface area contributed by atoms with Crippen LogP contribution in [0.1, 0.15) is 57.7 Å². The van der Waals surface area contributed by atoms with Crippen LogP contribution in [0.25, 0.3) is 0 Å². The fourth-order valence-corrected chi connectivity index (χ4v) is 3.00. The number of nitrogens with one attached hydrogen (secondary N) is 1. The zero-order chi connectivity index (χ0) is 14.4. The van der Waals surface area contributed by atoms with Gasteiger partial charge in [0, 0.05) is 19.0 Å². The van der Waals surface area contributed by atoms with Gasteiger partial charge in [0.25, 0.3) is 0 Å². The van der Waals surface area contributed by atoms with Crippen molar-refractivity contribution in [3.8, 4) is 0 Å². The van der Waals surface area contributed by atoms with Gasteiger partial charge in [-0.05, 0) is 12.8 Å². The molecular formula is C14H24N4OS. The van der Waals surface area contributed by atoms with Gasteiger partial charge in [0.1, 0.15) is 5.82 Å². The van der Waals surface area contributed by atoms with Crippen LogP contribution in [0.5, 0.6) is 0 Å². The van der Waals surface area contributed by atoms with E-state index in [9.17, 15) is 4.79 Å². The minimum atomic E-state index is 0.216. The van der Waals surface area contributed by atoms with Gasteiger partial charge in [0.2, 0.25) is 11.1 Å². The molecular weight excluding hydrogens is 272 g/mol. The Morgan fingerprint density at radius 1 is 1.25 bits per heavy atom. The molecule has 0 radical (unpaired) electrons. The van der Waals surface area contributed by atoms with E-state index in [1.54, 1.807) is 0 Å². The number of carbonyl (C=O) groups is 1. The van der Waals surface area contributed by atoms with Gasteiger partial charge in [0.05, 0.1) is 5.75 Å². The normalized spacial score (nSPS) is 17.1. The molecule has 1 fully saturated rings. The van der Waals surface area contributed by atoms with Gasteiger partial charge in [-0.1, -0.05) is 44.9 Å². The molecule has 0 saturated carbocycles. The van der Waals surface area contributed by atoms with Crippen LogP contribution >= 0.6 is 11.8 Å². The van der Waals surface area contributed by atoms with E-state index in [1.807, 2.05) is 4.90 Å². The number of hydrogen-bond acceptors (Lipinski definition) is 4. The molecule has 1 aromatic rings. The minimum Gasteiger partial charge on any atom is -0.342 e. The van der Waals surface area contributed by atoms with Crippen molar-refractivity contribution in [3.63, 3.8) is 0 Å². The fourth-order valence-electron chi connectivity index (χ4n) is 2.30. The summed E-state index contributed by atoms with van der Waals surface area (Å²) < 4.78 is 0. The highest BCUT2D eigenvalue weighted by Crippen LogP contribution is 2.17. The van der Waals surface area contributed by atoms with Crippen LogP contribution in [0.15, 0.2) is 5.16 Å². The van der Waals surface area contributed by atoms with Crippen molar-refractivity contribution in [1.29, 1.82) is 0 Å². The van der Waals surface area contributed by atoms with Crippen molar-refractivity contribution in [2.45, 2.75) is 57.0 Å². The average molecular weight is 296 g/mol. The van der Waals surface area contributed by atoms with Crippen molar-refractivity contribution in [2.24, 2.45) is 0 Å². The van der Waals surface area contributed by atoms with Crippen molar-refractivity contribution in [3.05, 3.63) is 5.82 Å². The fraction of sp³-hybridized carbons (Fsp3) is 0.786. The quantitative estimate of drug-likeness (QED) is 0.868. The Kier molecular flexibility index (Phi) is 5.88. The second-order valence-electron chi connectivity index (χ2n) is 5.60. The van der Waals surface area contributed by atoms with E-state index in [2.05, 4.69) is 29.0 Å². The third-order valence-electron chi connectivity index (χ3n) is 3.56. The zero-order valence-corrected chi connectivity index (χ0v) is 13.2. The van der Waals surface area contributed by atoms with Gasteiger partial charge in [-0.3, -0.25) is 9.89 Å². The zero-order valence-electron chi connectivity index (χ0n) is 12.4. The van der Waals surface area contributed by atoms with Gasteiger partial charge >= 0.3 is 0 Å². The molecule has 1 aliphatic heterocycles. The Hall–Kier alpha value is -1.04. The first-order chi connectivity index (χ1) is 9.66. The molecule has 6 heteroatoms. The Bertz CT molecular complexity index is 425. The summed E-state index contributed by atoms with van der Waals surface area (Å²) in [7, 11) is 0. The van der Waals surface area contributed by atoms with E-state index in [0.29, 0.717) is 16.8 Å². The maximum absolute atomic E-state index is 12.2. The van der Waals surface area contributed by atoms with Crippen LogP contribution in [-0.4, -0.2) is 44.8 Å². The summed E-state index contributed by atoms with van der Waals surface area (Å²) in [4.78, 5) is 18.6. The molecule has 1 saturated heterocycles. The van der Waals surface area contributed by atoms with E-state index < -0.39 is 0 Å². The second-order valence-corrected chi connectivity index (χ2v) is 6.54. The first-order valence-corrected chi connectivity index (χ1v) is 8.48. The number of nitrogens with zero attached hydrogens (tertiary/aromatic N) is 3. The molecule has 1 aromatic heterocycles. The lowest BCUT2D eigenvalue weighted by Gasteiger charge is -2.24. The maximum atomic E-state index is 12.2. The summed E-state index contributed by atoms with van der Waals surface area (Å²) in [6, 6.07) is 0. The minimum absolute atomic E-state index is 0.216. The van der Waals surface area contributed by atoms with Crippen LogP contribution in [0.4, 0.5) is 0 Å². The number of rotatable bonds is 4. The number of amides is 1. The van der Waals surface area contributed by atoms with Gasteiger partial charge in [-0.25, -0.2) is 4.98 Å². The molecule has 2 heterocycles. The summed E-state index contributed by atoms with van der Waals surface area (Å²) in [6.45, 7) is 5.95. The summed E-state index contributed by atoms with van der Waals surface area (Å²) in [5.41, 5.74) is 0. The summed E-state index contributed by atoms with van der Waals surface area (Å²) in [6.07, 6.45) is 6.07. The van der Waals surface area contributed by atoms with Crippen molar-refractivity contribution < 1.29 is 4.79 Å². The lowest BCUT2D eigenvalue weighted by Crippen LogP contribution is -2.35. The molecule has 5 nitrogen and oxygen atoms in total. The second kappa shape index (κ2) is 7.67. The van der Waals surface area contributed by atoms with Crippen molar-refractivity contribution in [2.75, 3.05) is 18.8 Å². The van der Waals surface area contributed by atoms with Crippen LogP contribution < -0.4 is 0 Å². The van der Waals surface area contributed by atoms with E-state index in [1.165, 1.54) is 31.0 Å². The summed E-state index contributed by atoms with van der Waals surface area (Å²) >= 11 is 1.43. The summed E-state index contributed by atoms with van der Waals surface area (Å²) in [5.74, 6) is 1.87. The highest BCUT2D eigenvalue weighted by molar-refractivity contribution is 7.99. The van der Waals surface area contributed by atoms with Crippen molar-refractivity contribution >= 4 is 17.7 Å². The van der Waals surface area contributed by atoms with Crippen LogP contribution in [0.3, 0.4) is 0 Å². The molecule has 1 N–H and O–H groups in total. The van der Waals surface area contributed by atoms with Crippen LogP contribution in [-0.2, 0) is 4.79 Å². The first-order valence-electron chi connectivity index (χ1n) is 7.49.